The normalized spacial score (nSPS) is 13.0. The van der Waals surface area contributed by atoms with Crippen molar-refractivity contribution in [2.24, 2.45) is 5.73 Å². The van der Waals surface area contributed by atoms with Crippen molar-refractivity contribution in [1.82, 2.24) is 15.3 Å². The number of methoxy groups -OCH3 is 1. The maximum atomic E-state index is 12.5. The number of amides is 1. The number of aryl methyl sites for hydroxylation is 2. The molecule has 144 valence electrons. The molecule has 0 radical (unpaired) electrons. The summed E-state index contributed by atoms with van der Waals surface area (Å²) in [6.07, 6.45) is 4.39. The fourth-order valence-electron chi connectivity index (χ4n) is 3.28. The summed E-state index contributed by atoms with van der Waals surface area (Å²) in [6.45, 7) is 3.10. The highest BCUT2D eigenvalue weighted by Crippen LogP contribution is 2.28. The van der Waals surface area contributed by atoms with Gasteiger partial charge in [0, 0.05) is 23.5 Å². The zero-order valence-electron chi connectivity index (χ0n) is 15.9. The Morgan fingerprint density at radius 1 is 1.22 bits per heavy atom. The minimum atomic E-state index is -0.211. The van der Waals surface area contributed by atoms with Gasteiger partial charge in [-0.25, -0.2) is 9.97 Å². The third kappa shape index (κ3) is 4.54. The van der Waals surface area contributed by atoms with E-state index < -0.39 is 0 Å². The first-order chi connectivity index (χ1) is 13.1. The van der Waals surface area contributed by atoms with Crippen LogP contribution in [0.1, 0.15) is 46.0 Å². The summed E-state index contributed by atoms with van der Waals surface area (Å²) in [7, 11) is 1.54. The van der Waals surface area contributed by atoms with E-state index in [9.17, 15) is 4.79 Å². The van der Waals surface area contributed by atoms with Crippen molar-refractivity contribution in [2.45, 2.75) is 39.2 Å². The van der Waals surface area contributed by atoms with Gasteiger partial charge in [0.05, 0.1) is 13.7 Å². The first kappa shape index (κ1) is 19.1. The largest absolute Gasteiger partial charge is 0.493 e. The highest BCUT2D eigenvalue weighted by Gasteiger charge is 2.16. The molecule has 0 unspecified atom stereocenters. The Morgan fingerprint density at radius 3 is 2.81 bits per heavy atom. The molecule has 0 saturated carbocycles. The van der Waals surface area contributed by atoms with E-state index in [1.807, 2.05) is 6.92 Å². The van der Waals surface area contributed by atoms with Gasteiger partial charge in [-0.1, -0.05) is 0 Å². The van der Waals surface area contributed by atoms with Crippen LogP contribution in [0.25, 0.3) is 0 Å². The van der Waals surface area contributed by atoms with E-state index >= 15 is 0 Å². The Labute approximate surface area is 159 Å². The number of nitrogens with one attached hydrogen (secondary N) is 1. The number of nitrogens with zero attached hydrogens (tertiary/aromatic N) is 2. The van der Waals surface area contributed by atoms with Gasteiger partial charge >= 0.3 is 0 Å². The van der Waals surface area contributed by atoms with Crippen LogP contribution in [0.4, 0.5) is 0 Å². The molecule has 3 N–H and O–H groups in total. The van der Waals surface area contributed by atoms with Crippen LogP contribution in [0.2, 0.25) is 0 Å². The molecule has 0 atom stereocenters. The molecule has 1 aromatic heterocycles. The maximum Gasteiger partial charge on any atom is 0.251 e. The number of hydrogen-bond donors (Lipinski definition) is 2. The van der Waals surface area contributed by atoms with E-state index in [0.717, 1.165) is 30.7 Å². The number of ether oxygens (including phenoxy) is 2. The highest BCUT2D eigenvalue weighted by atomic mass is 16.5. The minimum absolute atomic E-state index is 0.211. The quantitative estimate of drug-likeness (QED) is 0.773. The summed E-state index contributed by atoms with van der Waals surface area (Å²) in [4.78, 5) is 21.7. The van der Waals surface area contributed by atoms with Gasteiger partial charge in [-0.2, -0.15) is 0 Å². The summed E-state index contributed by atoms with van der Waals surface area (Å²) < 4.78 is 10.8. The Bertz CT molecular complexity index is 823. The van der Waals surface area contributed by atoms with E-state index in [-0.39, 0.29) is 5.91 Å². The smallest absolute Gasteiger partial charge is 0.251 e. The molecule has 1 aromatic carbocycles. The number of hydrogen-bond acceptors (Lipinski definition) is 6. The zero-order valence-corrected chi connectivity index (χ0v) is 15.9. The third-order valence-electron chi connectivity index (χ3n) is 4.64. The van der Waals surface area contributed by atoms with E-state index in [4.69, 9.17) is 15.2 Å². The first-order valence-corrected chi connectivity index (χ1v) is 9.26. The van der Waals surface area contributed by atoms with E-state index in [0.29, 0.717) is 42.6 Å². The van der Waals surface area contributed by atoms with Gasteiger partial charge in [0.1, 0.15) is 12.4 Å². The Hall–Kier alpha value is -2.67. The lowest BCUT2D eigenvalue weighted by Gasteiger charge is -2.17. The summed E-state index contributed by atoms with van der Waals surface area (Å²) in [6, 6.07) is 5.06. The minimum Gasteiger partial charge on any atom is -0.493 e. The van der Waals surface area contributed by atoms with Crippen molar-refractivity contribution in [2.75, 3.05) is 20.3 Å². The lowest BCUT2D eigenvalue weighted by molar-refractivity contribution is 0.0949. The zero-order chi connectivity index (χ0) is 19.2. The van der Waals surface area contributed by atoms with Crippen molar-refractivity contribution in [3.05, 3.63) is 46.5 Å². The van der Waals surface area contributed by atoms with Crippen LogP contribution in [-0.4, -0.2) is 36.1 Å². The van der Waals surface area contributed by atoms with Crippen LogP contribution >= 0.6 is 0 Å². The average Bonchev–Trinajstić information content (AvgIpc) is 2.70. The first-order valence-electron chi connectivity index (χ1n) is 9.26. The molecular formula is C20H26N4O3. The summed E-state index contributed by atoms with van der Waals surface area (Å²) in [5, 5.41) is 2.88. The van der Waals surface area contributed by atoms with E-state index in [1.54, 1.807) is 18.2 Å². The third-order valence-corrected chi connectivity index (χ3v) is 4.64. The predicted molar refractivity (Wildman–Crippen MR) is 102 cm³/mol. The highest BCUT2D eigenvalue weighted by molar-refractivity contribution is 5.94. The molecule has 3 rings (SSSR count). The van der Waals surface area contributed by atoms with Gasteiger partial charge in [-0.3, -0.25) is 4.79 Å². The maximum absolute atomic E-state index is 12.5. The second-order valence-corrected chi connectivity index (χ2v) is 6.54. The SMILES string of the molecule is COc1cc(C(=O)NCc2nc(C)c3c(n2)CCCC3)ccc1OCCN. The Kier molecular flexibility index (Phi) is 6.24. The van der Waals surface area contributed by atoms with Crippen LogP contribution in [0.5, 0.6) is 11.5 Å². The molecule has 1 heterocycles. The number of fused-ring (bicyclic) bond motifs is 1. The van der Waals surface area contributed by atoms with Gasteiger partial charge < -0.3 is 20.5 Å². The summed E-state index contributed by atoms with van der Waals surface area (Å²) in [5.41, 5.74) is 9.36. The van der Waals surface area contributed by atoms with Gasteiger partial charge in [0.15, 0.2) is 11.5 Å². The van der Waals surface area contributed by atoms with Gasteiger partial charge in [-0.15, -0.1) is 0 Å². The molecule has 7 nitrogen and oxygen atoms in total. The van der Waals surface area contributed by atoms with Crippen molar-refractivity contribution >= 4 is 5.91 Å². The van der Waals surface area contributed by atoms with Crippen LogP contribution in [0, 0.1) is 6.92 Å². The lowest BCUT2D eigenvalue weighted by atomic mass is 9.95. The topological polar surface area (TPSA) is 99.4 Å². The summed E-state index contributed by atoms with van der Waals surface area (Å²) >= 11 is 0. The molecule has 27 heavy (non-hydrogen) atoms. The van der Waals surface area contributed by atoms with Crippen molar-refractivity contribution in [3.8, 4) is 11.5 Å². The molecule has 0 spiro atoms. The Morgan fingerprint density at radius 2 is 2.04 bits per heavy atom. The monoisotopic (exact) mass is 370 g/mol. The number of carbonyl (C=O) groups is 1. The average molecular weight is 370 g/mol. The molecule has 0 saturated heterocycles. The molecule has 0 bridgehead atoms. The van der Waals surface area contributed by atoms with Crippen LogP contribution in [0.15, 0.2) is 18.2 Å². The molecular weight excluding hydrogens is 344 g/mol. The van der Waals surface area contributed by atoms with Crippen LogP contribution in [0.3, 0.4) is 0 Å². The number of carbonyl (C=O) groups excluding carboxylic acids is 1. The van der Waals surface area contributed by atoms with E-state index in [2.05, 4.69) is 15.3 Å². The van der Waals surface area contributed by atoms with Gasteiger partial charge in [0.25, 0.3) is 5.91 Å². The van der Waals surface area contributed by atoms with Gasteiger partial charge in [0.2, 0.25) is 0 Å². The van der Waals surface area contributed by atoms with Crippen LogP contribution < -0.4 is 20.5 Å². The molecule has 2 aromatic rings. The molecule has 7 heteroatoms. The molecule has 1 amide bonds. The fraction of sp³-hybridized carbons (Fsp3) is 0.450. The second kappa shape index (κ2) is 8.81. The van der Waals surface area contributed by atoms with E-state index in [1.165, 1.54) is 19.1 Å². The number of aromatic nitrogens is 2. The predicted octanol–water partition coefficient (Wildman–Crippen LogP) is 1.94. The molecule has 0 fully saturated rings. The lowest BCUT2D eigenvalue weighted by Crippen LogP contribution is -2.25. The molecule has 1 aliphatic rings. The van der Waals surface area contributed by atoms with Gasteiger partial charge in [-0.05, 0) is 56.4 Å². The number of benzene rings is 1. The van der Waals surface area contributed by atoms with Crippen LogP contribution in [-0.2, 0) is 19.4 Å². The fourth-order valence-corrected chi connectivity index (χ4v) is 3.28. The summed E-state index contributed by atoms with van der Waals surface area (Å²) in [5.74, 6) is 1.50. The number of rotatable bonds is 7. The van der Waals surface area contributed by atoms with Crippen molar-refractivity contribution < 1.29 is 14.3 Å². The number of nitrogens with two attached hydrogens (primary N) is 1. The molecule has 1 aliphatic carbocycles. The van der Waals surface area contributed by atoms with Crippen molar-refractivity contribution in [1.29, 1.82) is 0 Å². The standard InChI is InChI=1S/C20H26N4O3/c1-13-15-5-3-4-6-16(15)24-19(23-13)12-22-20(25)14-7-8-17(27-10-9-21)18(11-14)26-2/h7-8,11H,3-6,9-10,12,21H2,1-2H3,(H,22,25). The molecule has 0 aliphatic heterocycles. The van der Waals surface area contributed by atoms with Crippen molar-refractivity contribution in [3.63, 3.8) is 0 Å². The second-order valence-electron chi connectivity index (χ2n) is 6.54. The Balaban J connectivity index is 1.68.